The van der Waals surface area contributed by atoms with Crippen molar-refractivity contribution in [2.75, 3.05) is 20.8 Å². The van der Waals surface area contributed by atoms with Gasteiger partial charge in [0.05, 0.1) is 12.8 Å². The number of methoxy groups -OCH3 is 2. The summed E-state index contributed by atoms with van der Waals surface area (Å²) in [6, 6.07) is 12.8. The van der Waals surface area contributed by atoms with E-state index in [1.54, 1.807) is 25.3 Å². The zero-order valence-corrected chi connectivity index (χ0v) is 14.1. The summed E-state index contributed by atoms with van der Waals surface area (Å²) < 4.78 is 10.5. The van der Waals surface area contributed by atoms with Crippen LogP contribution in [0.5, 0.6) is 5.75 Å². The molecule has 0 aliphatic rings. The number of hydrogen-bond acceptors (Lipinski definition) is 6. The zero-order chi connectivity index (χ0) is 18.1. The van der Waals surface area contributed by atoms with Crippen LogP contribution in [-0.2, 0) is 14.3 Å². The molecular formula is C19H18N2O4. The first-order valence-electron chi connectivity index (χ1n) is 7.66. The second kappa shape index (κ2) is 9.30. The SMILES string of the molecule is COCCC(c1ccc(N=C=O)cc1)c1ccc(N=C=O)c(OC)c1. The first kappa shape index (κ1) is 18.3. The zero-order valence-electron chi connectivity index (χ0n) is 14.1. The molecule has 25 heavy (non-hydrogen) atoms. The van der Waals surface area contributed by atoms with Crippen molar-refractivity contribution in [3.63, 3.8) is 0 Å². The Morgan fingerprint density at radius 1 is 0.960 bits per heavy atom. The van der Waals surface area contributed by atoms with Gasteiger partial charge in [-0.3, -0.25) is 0 Å². The van der Waals surface area contributed by atoms with Crippen LogP contribution >= 0.6 is 0 Å². The standard InChI is InChI=1S/C19H18N2O4/c1-24-10-9-17(14-3-6-16(7-4-14)20-12-22)15-5-8-18(21-13-23)19(11-15)25-2/h3-8,11,17H,9-10H2,1-2H3. The van der Waals surface area contributed by atoms with Gasteiger partial charge in [-0.2, -0.15) is 9.98 Å². The highest BCUT2D eigenvalue weighted by Gasteiger charge is 2.16. The van der Waals surface area contributed by atoms with Gasteiger partial charge in [-0.15, -0.1) is 0 Å². The highest BCUT2D eigenvalue weighted by atomic mass is 16.5. The lowest BCUT2D eigenvalue weighted by Crippen LogP contribution is -2.05. The minimum Gasteiger partial charge on any atom is -0.494 e. The summed E-state index contributed by atoms with van der Waals surface area (Å²) in [4.78, 5) is 28.1. The second-order valence-electron chi connectivity index (χ2n) is 5.26. The summed E-state index contributed by atoms with van der Waals surface area (Å²) in [7, 11) is 3.18. The summed E-state index contributed by atoms with van der Waals surface area (Å²) in [6.45, 7) is 0.579. The Hall–Kier alpha value is -3.04. The third-order valence-electron chi connectivity index (χ3n) is 3.85. The summed E-state index contributed by atoms with van der Waals surface area (Å²) in [6.07, 6.45) is 3.81. The number of hydrogen-bond donors (Lipinski definition) is 0. The fourth-order valence-electron chi connectivity index (χ4n) is 2.65. The quantitative estimate of drug-likeness (QED) is 0.542. The normalized spacial score (nSPS) is 11.1. The van der Waals surface area contributed by atoms with Crippen molar-refractivity contribution in [3.05, 3.63) is 53.6 Å². The van der Waals surface area contributed by atoms with E-state index in [-0.39, 0.29) is 5.92 Å². The van der Waals surface area contributed by atoms with Crippen LogP contribution in [0.25, 0.3) is 0 Å². The number of nitrogens with zero attached hydrogens (tertiary/aromatic N) is 2. The van der Waals surface area contributed by atoms with Crippen LogP contribution in [-0.4, -0.2) is 33.0 Å². The Balaban J connectivity index is 2.42. The van der Waals surface area contributed by atoms with Crippen LogP contribution < -0.4 is 4.74 Å². The molecule has 2 rings (SSSR count). The molecule has 0 saturated carbocycles. The molecule has 1 unspecified atom stereocenters. The van der Waals surface area contributed by atoms with E-state index in [0.717, 1.165) is 17.5 Å². The van der Waals surface area contributed by atoms with E-state index >= 15 is 0 Å². The van der Waals surface area contributed by atoms with Gasteiger partial charge in [-0.1, -0.05) is 18.2 Å². The van der Waals surface area contributed by atoms with E-state index in [1.165, 1.54) is 19.3 Å². The lowest BCUT2D eigenvalue weighted by molar-refractivity contribution is 0.191. The first-order valence-corrected chi connectivity index (χ1v) is 7.66. The van der Waals surface area contributed by atoms with Crippen molar-refractivity contribution in [1.82, 2.24) is 0 Å². The monoisotopic (exact) mass is 338 g/mol. The molecule has 1 atom stereocenters. The minimum atomic E-state index is 0.0531. The molecular weight excluding hydrogens is 320 g/mol. The Bertz CT molecular complexity index is 805. The minimum absolute atomic E-state index is 0.0531. The van der Waals surface area contributed by atoms with E-state index in [1.807, 2.05) is 24.3 Å². The fraction of sp³-hybridized carbons (Fsp3) is 0.263. The number of aliphatic imine (C=N–C) groups is 2. The molecule has 0 saturated heterocycles. The predicted octanol–water partition coefficient (Wildman–Crippen LogP) is 3.80. The molecule has 0 aromatic heterocycles. The van der Waals surface area contributed by atoms with E-state index in [0.29, 0.717) is 23.7 Å². The summed E-state index contributed by atoms with van der Waals surface area (Å²) >= 11 is 0. The maximum absolute atomic E-state index is 10.5. The lowest BCUT2D eigenvalue weighted by Gasteiger charge is -2.19. The Labute approximate surface area is 145 Å². The summed E-state index contributed by atoms with van der Waals surface area (Å²) in [5, 5.41) is 0. The van der Waals surface area contributed by atoms with E-state index in [9.17, 15) is 9.59 Å². The molecule has 128 valence electrons. The molecule has 6 nitrogen and oxygen atoms in total. The molecule has 2 aromatic rings. The maximum Gasteiger partial charge on any atom is 0.240 e. The Kier molecular flexibility index (Phi) is 6.81. The van der Waals surface area contributed by atoms with Gasteiger partial charge in [0, 0.05) is 19.6 Å². The van der Waals surface area contributed by atoms with Gasteiger partial charge in [0.15, 0.2) is 0 Å². The first-order chi connectivity index (χ1) is 12.2. The molecule has 6 heteroatoms. The van der Waals surface area contributed by atoms with Crippen LogP contribution in [0.2, 0.25) is 0 Å². The predicted molar refractivity (Wildman–Crippen MR) is 93.3 cm³/mol. The molecule has 0 amide bonds. The Morgan fingerprint density at radius 3 is 2.24 bits per heavy atom. The van der Waals surface area contributed by atoms with E-state index in [4.69, 9.17) is 9.47 Å². The Morgan fingerprint density at radius 2 is 1.64 bits per heavy atom. The van der Waals surface area contributed by atoms with Crippen LogP contribution in [0.4, 0.5) is 11.4 Å². The van der Waals surface area contributed by atoms with Gasteiger partial charge in [0.1, 0.15) is 11.4 Å². The van der Waals surface area contributed by atoms with Crippen molar-refractivity contribution >= 4 is 23.5 Å². The number of ether oxygens (including phenoxy) is 2. The molecule has 0 heterocycles. The van der Waals surface area contributed by atoms with Gasteiger partial charge >= 0.3 is 0 Å². The molecule has 0 aliphatic heterocycles. The second-order valence-corrected chi connectivity index (χ2v) is 5.26. The topological polar surface area (TPSA) is 77.3 Å². The smallest absolute Gasteiger partial charge is 0.240 e. The van der Waals surface area contributed by atoms with Crippen LogP contribution in [0, 0.1) is 0 Å². The molecule has 0 N–H and O–H groups in total. The van der Waals surface area contributed by atoms with Crippen molar-refractivity contribution < 1.29 is 19.1 Å². The maximum atomic E-state index is 10.5. The van der Waals surface area contributed by atoms with Gasteiger partial charge in [0.25, 0.3) is 0 Å². The van der Waals surface area contributed by atoms with Gasteiger partial charge < -0.3 is 9.47 Å². The summed E-state index contributed by atoms with van der Waals surface area (Å²) in [5.41, 5.74) is 3.04. The van der Waals surface area contributed by atoms with Crippen LogP contribution in [0.3, 0.4) is 0 Å². The van der Waals surface area contributed by atoms with Crippen molar-refractivity contribution in [2.45, 2.75) is 12.3 Å². The van der Waals surface area contributed by atoms with Gasteiger partial charge in [-0.25, -0.2) is 9.59 Å². The summed E-state index contributed by atoms with van der Waals surface area (Å²) in [5.74, 6) is 0.558. The average molecular weight is 338 g/mol. The van der Waals surface area contributed by atoms with Crippen molar-refractivity contribution in [2.24, 2.45) is 9.98 Å². The molecule has 0 spiro atoms. The molecule has 2 aromatic carbocycles. The lowest BCUT2D eigenvalue weighted by atomic mass is 9.88. The van der Waals surface area contributed by atoms with Gasteiger partial charge in [-0.05, 0) is 41.8 Å². The number of rotatable bonds is 8. The van der Waals surface area contributed by atoms with Gasteiger partial charge in [0.2, 0.25) is 12.2 Å². The van der Waals surface area contributed by atoms with Crippen molar-refractivity contribution in [3.8, 4) is 5.75 Å². The molecule has 0 fully saturated rings. The third-order valence-corrected chi connectivity index (χ3v) is 3.85. The van der Waals surface area contributed by atoms with E-state index in [2.05, 4.69) is 9.98 Å². The highest BCUT2D eigenvalue weighted by Crippen LogP contribution is 2.35. The fourth-order valence-corrected chi connectivity index (χ4v) is 2.65. The number of carbonyl (C=O) groups excluding carboxylic acids is 2. The number of benzene rings is 2. The number of isocyanates is 2. The van der Waals surface area contributed by atoms with Crippen molar-refractivity contribution in [1.29, 1.82) is 0 Å². The highest BCUT2D eigenvalue weighted by molar-refractivity contribution is 5.59. The molecule has 0 bridgehead atoms. The van der Waals surface area contributed by atoms with Crippen LogP contribution in [0.1, 0.15) is 23.5 Å². The molecule has 0 radical (unpaired) electrons. The largest absolute Gasteiger partial charge is 0.494 e. The third kappa shape index (κ3) is 4.72. The molecule has 0 aliphatic carbocycles. The van der Waals surface area contributed by atoms with E-state index < -0.39 is 0 Å². The average Bonchev–Trinajstić information content (AvgIpc) is 2.64. The van der Waals surface area contributed by atoms with Crippen LogP contribution in [0.15, 0.2) is 52.4 Å².